The highest BCUT2D eigenvalue weighted by Gasteiger charge is 1.97. The lowest BCUT2D eigenvalue weighted by molar-refractivity contribution is 0.408. The van der Waals surface area contributed by atoms with E-state index in [0.717, 1.165) is 17.1 Å². The Hall–Kier alpha value is -1.44. The van der Waals surface area contributed by atoms with Crippen molar-refractivity contribution >= 4 is 0 Å². The second kappa shape index (κ2) is 3.81. The second-order valence-electron chi connectivity index (χ2n) is 2.47. The third-order valence-corrected chi connectivity index (χ3v) is 1.48. The zero-order valence-electron chi connectivity index (χ0n) is 7.33. The van der Waals surface area contributed by atoms with E-state index in [4.69, 9.17) is 9.47 Å². The molecule has 0 spiro atoms. The molecule has 0 aromatic heterocycles. The zero-order valence-corrected chi connectivity index (χ0v) is 7.33. The van der Waals surface area contributed by atoms with Gasteiger partial charge in [0.1, 0.15) is 11.5 Å². The van der Waals surface area contributed by atoms with Gasteiger partial charge in [0.15, 0.2) is 0 Å². The molecular weight excluding hydrogens is 152 g/mol. The summed E-state index contributed by atoms with van der Waals surface area (Å²) in [6.07, 6.45) is 1.40. The molecule has 1 aromatic carbocycles. The van der Waals surface area contributed by atoms with Crippen molar-refractivity contribution < 1.29 is 9.47 Å². The lowest BCUT2D eigenvalue weighted by Crippen LogP contribution is -1.86. The number of hydrogen-bond donors (Lipinski definition) is 0. The average molecular weight is 164 g/mol. The number of aryl methyl sites for hydroxylation is 1. The van der Waals surface area contributed by atoms with Gasteiger partial charge in [0.2, 0.25) is 0 Å². The van der Waals surface area contributed by atoms with Crippen molar-refractivity contribution in [2.45, 2.75) is 6.92 Å². The summed E-state index contributed by atoms with van der Waals surface area (Å²) in [6.45, 7) is 5.46. The number of benzene rings is 1. The highest BCUT2D eigenvalue weighted by Crippen LogP contribution is 2.21. The number of methoxy groups -OCH3 is 1. The molecule has 64 valence electrons. The van der Waals surface area contributed by atoms with Gasteiger partial charge in [0.25, 0.3) is 0 Å². The maximum atomic E-state index is 5.11. The van der Waals surface area contributed by atoms with Gasteiger partial charge in [0, 0.05) is 6.07 Å². The van der Waals surface area contributed by atoms with Crippen LogP contribution < -0.4 is 9.47 Å². The van der Waals surface area contributed by atoms with Crippen molar-refractivity contribution in [2.24, 2.45) is 0 Å². The van der Waals surface area contributed by atoms with Crippen molar-refractivity contribution in [2.75, 3.05) is 7.11 Å². The smallest absolute Gasteiger partial charge is 0.130 e. The van der Waals surface area contributed by atoms with Crippen molar-refractivity contribution in [1.82, 2.24) is 0 Å². The molecular formula is C10H12O2. The monoisotopic (exact) mass is 164 g/mol. The number of hydrogen-bond acceptors (Lipinski definition) is 2. The summed E-state index contributed by atoms with van der Waals surface area (Å²) in [4.78, 5) is 0. The fraction of sp³-hybridized carbons (Fsp3) is 0.200. The molecule has 1 aromatic rings. The molecule has 1 rings (SSSR count). The molecule has 0 atom stereocenters. The van der Waals surface area contributed by atoms with Crippen molar-refractivity contribution in [3.8, 4) is 11.5 Å². The van der Waals surface area contributed by atoms with Crippen LogP contribution in [0.1, 0.15) is 5.56 Å². The van der Waals surface area contributed by atoms with Gasteiger partial charge in [-0.2, -0.15) is 0 Å². The zero-order chi connectivity index (χ0) is 8.97. The van der Waals surface area contributed by atoms with E-state index >= 15 is 0 Å². The number of ether oxygens (including phenoxy) is 2. The van der Waals surface area contributed by atoms with E-state index in [1.807, 2.05) is 25.1 Å². The Morgan fingerprint density at radius 3 is 2.50 bits per heavy atom. The lowest BCUT2D eigenvalue weighted by Gasteiger charge is -2.04. The molecule has 0 unspecified atom stereocenters. The molecule has 0 N–H and O–H groups in total. The molecule has 0 aliphatic heterocycles. The van der Waals surface area contributed by atoms with E-state index in [1.54, 1.807) is 7.11 Å². The van der Waals surface area contributed by atoms with Gasteiger partial charge in [-0.15, -0.1) is 0 Å². The maximum Gasteiger partial charge on any atom is 0.130 e. The van der Waals surface area contributed by atoms with Crippen LogP contribution in [0.15, 0.2) is 31.0 Å². The minimum absolute atomic E-state index is 0.752. The highest BCUT2D eigenvalue weighted by atomic mass is 16.5. The Kier molecular flexibility index (Phi) is 2.75. The molecule has 12 heavy (non-hydrogen) atoms. The predicted molar refractivity (Wildman–Crippen MR) is 48.6 cm³/mol. The van der Waals surface area contributed by atoms with E-state index in [1.165, 1.54) is 6.26 Å². The van der Waals surface area contributed by atoms with E-state index in [0.29, 0.717) is 0 Å². The van der Waals surface area contributed by atoms with Gasteiger partial charge in [-0.3, -0.25) is 0 Å². The van der Waals surface area contributed by atoms with Crippen LogP contribution in [0.4, 0.5) is 0 Å². The Morgan fingerprint density at radius 1 is 1.25 bits per heavy atom. The van der Waals surface area contributed by atoms with Crippen molar-refractivity contribution in [3.05, 3.63) is 36.6 Å². The molecule has 0 aliphatic rings. The predicted octanol–water partition coefficient (Wildman–Crippen LogP) is 2.53. The molecule has 2 nitrogen and oxygen atoms in total. The minimum Gasteiger partial charge on any atom is -0.497 e. The van der Waals surface area contributed by atoms with Crippen LogP contribution in [0.3, 0.4) is 0 Å². The summed E-state index contributed by atoms with van der Waals surface area (Å²) < 4.78 is 10.2. The summed E-state index contributed by atoms with van der Waals surface area (Å²) in [5.74, 6) is 1.55. The first kappa shape index (κ1) is 8.65. The second-order valence-corrected chi connectivity index (χ2v) is 2.47. The molecule has 0 aliphatic carbocycles. The average Bonchev–Trinajstić information content (AvgIpc) is 2.04. The quantitative estimate of drug-likeness (QED) is 0.639. The summed E-state index contributed by atoms with van der Waals surface area (Å²) in [5.41, 5.74) is 1.10. The SMILES string of the molecule is C=COc1cc(C)cc(OC)c1. The molecule has 0 saturated carbocycles. The minimum atomic E-state index is 0.752. The Labute approximate surface area is 72.4 Å². The van der Waals surface area contributed by atoms with Crippen LogP contribution in [0.5, 0.6) is 11.5 Å². The van der Waals surface area contributed by atoms with Crippen LogP contribution in [0.25, 0.3) is 0 Å². The normalized spacial score (nSPS) is 9.17. The van der Waals surface area contributed by atoms with Crippen LogP contribution in [0, 0.1) is 6.92 Å². The van der Waals surface area contributed by atoms with Gasteiger partial charge in [-0.1, -0.05) is 6.58 Å². The summed E-state index contributed by atoms with van der Waals surface area (Å²) in [6, 6.07) is 5.68. The Morgan fingerprint density at radius 2 is 1.92 bits per heavy atom. The third-order valence-electron chi connectivity index (χ3n) is 1.48. The van der Waals surface area contributed by atoms with Crippen LogP contribution in [0.2, 0.25) is 0 Å². The fourth-order valence-corrected chi connectivity index (χ4v) is 0.996. The van der Waals surface area contributed by atoms with Gasteiger partial charge >= 0.3 is 0 Å². The largest absolute Gasteiger partial charge is 0.497 e. The Bertz CT molecular complexity index is 279. The van der Waals surface area contributed by atoms with Gasteiger partial charge in [-0.05, 0) is 24.6 Å². The first-order valence-corrected chi connectivity index (χ1v) is 3.69. The molecule has 0 bridgehead atoms. The van der Waals surface area contributed by atoms with E-state index < -0.39 is 0 Å². The Balaban J connectivity index is 2.97. The van der Waals surface area contributed by atoms with Crippen LogP contribution in [-0.4, -0.2) is 7.11 Å². The topological polar surface area (TPSA) is 18.5 Å². The maximum absolute atomic E-state index is 5.11. The van der Waals surface area contributed by atoms with E-state index in [2.05, 4.69) is 6.58 Å². The molecule has 0 heterocycles. The lowest BCUT2D eigenvalue weighted by atomic mass is 10.2. The molecule has 2 heteroatoms. The highest BCUT2D eigenvalue weighted by molar-refractivity contribution is 5.37. The van der Waals surface area contributed by atoms with Gasteiger partial charge in [0.05, 0.1) is 13.4 Å². The van der Waals surface area contributed by atoms with Gasteiger partial charge < -0.3 is 9.47 Å². The molecule has 0 saturated heterocycles. The van der Waals surface area contributed by atoms with E-state index in [9.17, 15) is 0 Å². The summed E-state index contributed by atoms with van der Waals surface area (Å²) in [5, 5.41) is 0. The molecule has 0 fully saturated rings. The van der Waals surface area contributed by atoms with Crippen molar-refractivity contribution in [1.29, 1.82) is 0 Å². The number of rotatable bonds is 3. The standard InChI is InChI=1S/C10H12O2/c1-4-12-10-6-8(2)5-9(7-10)11-3/h4-7H,1H2,2-3H3. The summed E-state index contributed by atoms with van der Waals surface area (Å²) >= 11 is 0. The van der Waals surface area contributed by atoms with Crippen LogP contribution >= 0.6 is 0 Å². The third kappa shape index (κ3) is 2.02. The van der Waals surface area contributed by atoms with Crippen molar-refractivity contribution in [3.63, 3.8) is 0 Å². The molecule has 0 amide bonds. The first-order valence-electron chi connectivity index (χ1n) is 3.69. The summed E-state index contributed by atoms with van der Waals surface area (Å²) in [7, 11) is 1.63. The van der Waals surface area contributed by atoms with Crippen LogP contribution in [-0.2, 0) is 0 Å². The fourth-order valence-electron chi connectivity index (χ4n) is 0.996. The molecule has 0 radical (unpaired) electrons. The van der Waals surface area contributed by atoms with E-state index in [-0.39, 0.29) is 0 Å². The first-order chi connectivity index (χ1) is 5.76. The van der Waals surface area contributed by atoms with Gasteiger partial charge in [-0.25, -0.2) is 0 Å².